The molecule has 0 bridgehead atoms. The molecule has 1 aromatic heterocycles. The lowest BCUT2D eigenvalue weighted by Crippen LogP contribution is -2.37. The Balaban J connectivity index is 1.97. The average molecular weight is 320 g/mol. The number of amides is 2. The molecule has 0 aliphatic carbocycles. The van der Waals surface area contributed by atoms with E-state index in [4.69, 9.17) is 9.47 Å². The van der Waals surface area contributed by atoms with Gasteiger partial charge in [0.2, 0.25) is 11.8 Å². The molecule has 1 aliphatic rings. The molecule has 1 aliphatic heterocycles. The average Bonchev–Trinajstić information content (AvgIpc) is 2.85. The zero-order chi connectivity index (χ0) is 17.0. The van der Waals surface area contributed by atoms with Crippen LogP contribution in [0.25, 0.3) is 0 Å². The lowest BCUT2D eigenvalue weighted by molar-refractivity contribution is -0.126. The van der Waals surface area contributed by atoms with Crippen molar-refractivity contribution in [3.8, 4) is 5.88 Å². The van der Waals surface area contributed by atoms with Crippen LogP contribution in [0.1, 0.15) is 27.2 Å². The van der Waals surface area contributed by atoms with Crippen LogP contribution in [0.3, 0.4) is 0 Å². The Kier molecular flexibility index (Phi) is 4.83. The lowest BCUT2D eigenvalue weighted by atomic mass is 10.2. The minimum atomic E-state index is -0.654. The van der Waals surface area contributed by atoms with Gasteiger partial charge in [-0.1, -0.05) is 0 Å². The zero-order valence-corrected chi connectivity index (χ0v) is 13.6. The fraction of sp³-hybridized carbons (Fsp3) is 0.467. The quantitative estimate of drug-likeness (QED) is 0.857. The van der Waals surface area contributed by atoms with Crippen molar-refractivity contribution in [3.63, 3.8) is 0 Å². The Bertz CT molecular complexity index is 619. The highest BCUT2D eigenvalue weighted by atomic mass is 16.6. The van der Waals surface area contributed by atoms with Gasteiger partial charge in [0.05, 0.1) is 37.7 Å². The van der Waals surface area contributed by atoms with Gasteiger partial charge in [-0.3, -0.25) is 10.2 Å². The van der Waals surface area contributed by atoms with Crippen molar-refractivity contribution in [3.05, 3.63) is 18.3 Å². The number of nitrogens with one attached hydrogen (secondary N) is 1. The highest BCUT2D eigenvalue weighted by Gasteiger charge is 2.34. The predicted molar refractivity (Wildman–Crippen MR) is 84.4 cm³/mol. The van der Waals surface area contributed by atoms with Crippen LogP contribution in [0.2, 0.25) is 0 Å². The van der Waals surface area contributed by atoms with E-state index in [0.717, 1.165) is 4.90 Å². The number of methoxy groups -OCH3 is 1. The molecule has 0 saturated carbocycles. The summed E-state index contributed by atoms with van der Waals surface area (Å²) in [6.45, 7) is 5.36. The molecule has 0 aromatic carbocycles. The van der Waals surface area contributed by atoms with Crippen LogP contribution in [0, 0.1) is 0 Å². The molecule has 8 heteroatoms. The van der Waals surface area contributed by atoms with Crippen molar-refractivity contribution >= 4 is 23.4 Å². The molecule has 2 rings (SSSR count). The Labute approximate surface area is 134 Å². The maximum Gasteiger partial charge on any atom is 0.417 e. The number of pyridine rings is 1. The third-order valence-electron chi connectivity index (χ3n) is 2.90. The first kappa shape index (κ1) is 16.7. The Hall–Kier alpha value is -2.64. The number of rotatable bonds is 3. The van der Waals surface area contributed by atoms with Crippen LogP contribution < -0.4 is 10.2 Å². The second-order valence-corrected chi connectivity index (χ2v) is 6.02. The molecule has 0 atom stereocenters. The Morgan fingerprint density at radius 3 is 2.70 bits per heavy atom. The normalized spacial score (nSPS) is 16.6. The van der Waals surface area contributed by atoms with Crippen molar-refractivity contribution < 1.29 is 19.1 Å². The summed E-state index contributed by atoms with van der Waals surface area (Å²) in [5.41, 5.74) is 3.36. The predicted octanol–water partition coefficient (Wildman–Crippen LogP) is 2.03. The summed E-state index contributed by atoms with van der Waals surface area (Å²) in [5, 5.41) is 4.14. The summed E-state index contributed by atoms with van der Waals surface area (Å²) in [4.78, 5) is 28.9. The summed E-state index contributed by atoms with van der Waals surface area (Å²) >= 11 is 0. The van der Waals surface area contributed by atoms with Gasteiger partial charge < -0.3 is 9.47 Å². The molecule has 0 unspecified atom stereocenters. The van der Waals surface area contributed by atoms with Crippen molar-refractivity contribution in [1.82, 2.24) is 9.88 Å². The molecule has 2 heterocycles. The number of nitrogens with zero attached hydrogens (tertiary/aromatic N) is 3. The zero-order valence-electron chi connectivity index (χ0n) is 13.6. The summed E-state index contributed by atoms with van der Waals surface area (Å²) < 4.78 is 10.2. The maximum atomic E-state index is 11.9. The van der Waals surface area contributed by atoms with Crippen molar-refractivity contribution in [1.29, 1.82) is 0 Å². The van der Waals surface area contributed by atoms with Gasteiger partial charge in [0.1, 0.15) is 5.60 Å². The molecular formula is C15H20N4O4. The van der Waals surface area contributed by atoms with Crippen molar-refractivity contribution in [2.75, 3.05) is 19.1 Å². The van der Waals surface area contributed by atoms with Crippen LogP contribution in [-0.4, -0.2) is 46.9 Å². The third-order valence-corrected chi connectivity index (χ3v) is 2.90. The first-order chi connectivity index (χ1) is 10.8. The van der Waals surface area contributed by atoms with E-state index in [1.807, 2.05) is 0 Å². The summed E-state index contributed by atoms with van der Waals surface area (Å²) in [6.07, 6.45) is 0.986. The minimum Gasteiger partial charge on any atom is -0.481 e. The van der Waals surface area contributed by atoms with Gasteiger partial charge in [0.15, 0.2) is 0 Å². The molecular weight excluding hydrogens is 300 g/mol. The smallest absolute Gasteiger partial charge is 0.417 e. The van der Waals surface area contributed by atoms with Gasteiger partial charge >= 0.3 is 6.09 Å². The molecule has 0 radical (unpaired) electrons. The van der Waals surface area contributed by atoms with E-state index in [1.165, 1.54) is 7.11 Å². The number of ether oxygens (including phenoxy) is 2. The second-order valence-electron chi connectivity index (χ2n) is 6.02. The molecule has 8 nitrogen and oxygen atoms in total. The fourth-order valence-electron chi connectivity index (χ4n) is 1.87. The number of carbonyl (C=O) groups excluding carboxylic acids is 2. The molecule has 0 spiro atoms. The first-order valence-electron chi connectivity index (χ1n) is 7.13. The van der Waals surface area contributed by atoms with Crippen LogP contribution in [0.4, 0.5) is 10.5 Å². The Morgan fingerprint density at radius 1 is 1.39 bits per heavy atom. The molecule has 1 fully saturated rings. The minimum absolute atomic E-state index is 0.0792. The van der Waals surface area contributed by atoms with E-state index in [9.17, 15) is 9.59 Å². The van der Waals surface area contributed by atoms with Gasteiger partial charge in [0.25, 0.3) is 0 Å². The molecule has 23 heavy (non-hydrogen) atoms. The molecule has 1 saturated heterocycles. The molecule has 2 amide bonds. The van der Waals surface area contributed by atoms with Gasteiger partial charge in [0, 0.05) is 6.07 Å². The number of hydrogen-bond donors (Lipinski definition) is 1. The third kappa shape index (κ3) is 4.67. The van der Waals surface area contributed by atoms with Crippen molar-refractivity contribution in [2.45, 2.75) is 32.8 Å². The van der Waals surface area contributed by atoms with Crippen LogP contribution in [-0.2, 0) is 9.53 Å². The van der Waals surface area contributed by atoms with Gasteiger partial charge in [-0.2, -0.15) is 5.10 Å². The lowest BCUT2D eigenvalue weighted by Gasteiger charge is -2.22. The summed E-state index contributed by atoms with van der Waals surface area (Å²) in [5.74, 6) is 0.169. The second kappa shape index (κ2) is 6.64. The monoisotopic (exact) mass is 320 g/mol. The van der Waals surface area contributed by atoms with Crippen molar-refractivity contribution in [2.24, 2.45) is 5.10 Å². The number of carbonyl (C=O) groups is 2. The topological polar surface area (TPSA) is 93.1 Å². The van der Waals surface area contributed by atoms with E-state index in [-0.39, 0.29) is 18.9 Å². The maximum absolute atomic E-state index is 11.9. The van der Waals surface area contributed by atoms with E-state index >= 15 is 0 Å². The van der Waals surface area contributed by atoms with E-state index in [0.29, 0.717) is 17.3 Å². The Morgan fingerprint density at radius 2 is 2.13 bits per heavy atom. The number of aromatic nitrogens is 1. The van der Waals surface area contributed by atoms with Gasteiger partial charge in [-0.15, -0.1) is 0 Å². The van der Waals surface area contributed by atoms with E-state index in [1.54, 1.807) is 39.1 Å². The number of hydrogen-bond acceptors (Lipinski definition) is 7. The molecule has 124 valence electrons. The largest absolute Gasteiger partial charge is 0.481 e. The summed E-state index contributed by atoms with van der Waals surface area (Å²) in [6, 6.07) is 3.44. The number of anilines is 1. The molecule has 1 N–H and O–H groups in total. The van der Waals surface area contributed by atoms with E-state index in [2.05, 4.69) is 15.5 Å². The highest BCUT2D eigenvalue weighted by molar-refractivity contribution is 6.13. The van der Waals surface area contributed by atoms with E-state index < -0.39 is 11.7 Å². The SMILES string of the molecule is COc1ccc(N/N=C2\CC(=O)N(C(=O)OC(C)(C)C)C2)cn1. The standard InChI is InChI=1S/C15H20N4O4/c1-15(2,3)23-14(21)19-9-11(7-13(19)20)18-17-10-5-6-12(22-4)16-8-10/h5-6,8,17H,7,9H2,1-4H3/b18-11+. The fourth-order valence-corrected chi connectivity index (χ4v) is 1.87. The van der Waals surface area contributed by atoms with Crippen LogP contribution >= 0.6 is 0 Å². The van der Waals surface area contributed by atoms with Crippen LogP contribution in [0.5, 0.6) is 5.88 Å². The number of hydrazone groups is 1. The number of likely N-dealkylation sites (tertiary alicyclic amines) is 1. The first-order valence-corrected chi connectivity index (χ1v) is 7.13. The number of imide groups is 1. The van der Waals surface area contributed by atoms with Gasteiger partial charge in [-0.25, -0.2) is 14.7 Å². The highest BCUT2D eigenvalue weighted by Crippen LogP contribution is 2.16. The molecule has 1 aromatic rings. The van der Waals surface area contributed by atoms with Gasteiger partial charge in [-0.05, 0) is 26.8 Å². The van der Waals surface area contributed by atoms with Crippen LogP contribution in [0.15, 0.2) is 23.4 Å². The summed E-state index contributed by atoms with van der Waals surface area (Å²) in [7, 11) is 1.53.